The van der Waals surface area contributed by atoms with Gasteiger partial charge in [0, 0.05) is 24.5 Å². The Labute approximate surface area is 166 Å². The summed E-state index contributed by atoms with van der Waals surface area (Å²) < 4.78 is 5.67. The molecular weight excluding hydrogens is 354 g/mol. The highest BCUT2D eigenvalue weighted by molar-refractivity contribution is 6.43. The minimum atomic E-state index is -0.743. The average Bonchev–Trinajstić information content (AvgIpc) is 2.66. The van der Waals surface area contributed by atoms with E-state index in [1.807, 2.05) is 45.0 Å². The molecule has 0 saturated carbocycles. The highest BCUT2D eigenvalue weighted by Gasteiger charge is 2.17. The molecule has 0 spiro atoms. The van der Waals surface area contributed by atoms with E-state index in [2.05, 4.69) is 29.4 Å². The molecule has 6 nitrogen and oxygen atoms in total. The second kappa shape index (κ2) is 9.78. The Balaban J connectivity index is 2.08. The van der Waals surface area contributed by atoms with Gasteiger partial charge in [0.25, 0.3) is 0 Å². The molecule has 2 rings (SSSR count). The molecule has 2 N–H and O–H groups in total. The van der Waals surface area contributed by atoms with E-state index >= 15 is 0 Å². The normalized spacial score (nSPS) is 10.5. The first-order chi connectivity index (χ1) is 13.3. The van der Waals surface area contributed by atoms with E-state index in [9.17, 15) is 9.59 Å². The van der Waals surface area contributed by atoms with Crippen molar-refractivity contribution in [2.24, 2.45) is 0 Å². The SMILES string of the molecule is CCN(CC)c1ccc(NC(=O)C(=O)Nc2ccccc2OC(C)C)c(C)c1. The number of ether oxygens (including phenoxy) is 1. The molecule has 0 bridgehead atoms. The van der Waals surface area contributed by atoms with Crippen LogP contribution in [0.5, 0.6) is 5.75 Å². The molecule has 28 heavy (non-hydrogen) atoms. The zero-order chi connectivity index (χ0) is 20.7. The second-order valence-electron chi connectivity index (χ2n) is 6.74. The number of amides is 2. The number of nitrogens with one attached hydrogen (secondary N) is 2. The van der Waals surface area contributed by atoms with Crippen LogP contribution >= 0.6 is 0 Å². The van der Waals surface area contributed by atoms with Crippen molar-refractivity contribution >= 4 is 28.9 Å². The standard InChI is InChI=1S/C22H29N3O3/c1-6-25(7-2)17-12-13-18(16(5)14-17)23-21(26)22(27)24-19-10-8-9-11-20(19)28-15(3)4/h8-15H,6-7H2,1-5H3,(H,23,26)(H,24,27). The summed E-state index contributed by atoms with van der Waals surface area (Å²) in [4.78, 5) is 26.9. The summed E-state index contributed by atoms with van der Waals surface area (Å²) in [6.07, 6.45) is -0.0427. The zero-order valence-corrected chi connectivity index (χ0v) is 17.2. The van der Waals surface area contributed by atoms with Crippen LogP contribution in [0.4, 0.5) is 17.1 Å². The van der Waals surface area contributed by atoms with Gasteiger partial charge >= 0.3 is 11.8 Å². The first kappa shape index (κ1) is 21.3. The van der Waals surface area contributed by atoms with Crippen molar-refractivity contribution in [3.63, 3.8) is 0 Å². The number of para-hydroxylation sites is 2. The number of anilines is 3. The number of aryl methyl sites for hydroxylation is 1. The van der Waals surface area contributed by atoms with Gasteiger partial charge in [-0.05, 0) is 70.5 Å². The summed E-state index contributed by atoms with van der Waals surface area (Å²) in [5.41, 5.74) is 3.06. The minimum Gasteiger partial charge on any atom is -0.489 e. The van der Waals surface area contributed by atoms with Crippen molar-refractivity contribution in [2.45, 2.75) is 40.7 Å². The molecular formula is C22H29N3O3. The third-order valence-electron chi connectivity index (χ3n) is 4.29. The Bertz CT molecular complexity index is 830. The van der Waals surface area contributed by atoms with Gasteiger partial charge in [0.2, 0.25) is 0 Å². The summed E-state index contributed by atoms with van der Waals surface area (Å²) in [5.74, 6) is -0.941. The zero-order valence-electron chi connectivity index (χ0n) is 17.2. The molecule has 2 aromatic carbocycles. The molecule has 0 atom stereocenters. The Hall–Kier alpha value is -3.02. The Morgan fingerprint density at radius 2 is 1.57 bits per heavy atom. The van der Waals surface area contributed by atoms with Crippen LogP contribution in [0.3, 0.4) is 0 Å². The fourth-order valence-corrected chi connectivity index (χ4v) is 2.86. The largest absolute Gasteiger partial charge is 0.489 e. The predicted molar refractivity (Wildman–Crippen MR) is 114 cm³/mol. The highest BCUT2D eigenvalue weighted by atomic mass is 16.5. The van der Waals surface area contributed by atoms with Crippen molar-refractivity contribution in [1.29, 1.82) is 0 Å². The topological polar surface area (TPSA) is 70.7 Å². The molecule has 0 aromatic heterocycles. The van der Waals surface area contributed by atoms with E-state index in [0.29, 0.717) is 17.1 Å². The van der Waals surface area contributed by atoms with Gasteiger partial charge in [-0.2, -0.15) is 0 Å². The lowest BCUT2D eigenvalue weighted by atomic mass is 10.1. The van der Waals surface area contributed by atoms with Gasteiger partial charge < -0.3 is 20.3 Å². The van der Waals surface area contributed by atoms with Crippen LogP contribution in [-0.2, 0) is 9.59 Å². The first-order valence-corrected chi connectivity index (χ1v) is 9.59. The molecule has 0 radical (unpaired) electrons. The minimum absolute atomic E-state index is 0.0427. The maximum absolute atomic E-state index is 12.4. The molecule has 0 unspecified atom stereocenters. The smallest absolute Gasteiger partial charge is 0.314 e. The van der Waals surface area contributed by atoms with E-state index in [1.165, 1.54) is 0 Å². The van der Waals surface area contributed by atoms with Gasteiger partial charge in [-0.1, -0.05) is 12.1 Å². The molecule has 0 aliphatic carbocycles. The molecule has 6 heteroatoms. The van der Waals surface area contributed by atoms with Crippen LogP contribution in [0.25, 0.3) is 0 Å². The molecule has 0 aliphatic heterocycles. The Morgan fingerprint density at radius 1 is 0.964 bits per heavy atom. The number of benzene rings is 2. The van der Waals surface area contributed by atoms with Crippen LogP contribution in [0, 0.1) is 6.92 Å². The Morgan fingerprint density at radius 3 is 2.14 bits per heavy atom. The van der Waals surface area contributed by atoms with Crippen LogP contribution in [-0.4, -0.2) is 31.0 Å². The van der Waals surface area contributed by atoms with E-state index < -0.39 is 11.8 Å². The third-order valence-corrected chi connectivity index (χ3v) is 4.29. The van der Waals surface area contributed by atoms with Crippen molar-refractivity contribution in [3.8, 4) is 5.75 Å². The van der Waals surface area contributed by atoms with Gasteiger partial charge in [-0.3, -0.25) is 9.59 Å². The van der Waals surface area contributed by atoms with E-state index in [1.54, 1.807) is 18.2 Å². The van der Waals surface area contributed by atoms with Crippen LogP contribution in [0.15, 0.2) is 42.5 Å². The average molecular weight is 383 g/mol. The lowest BCUT2D eigenvalue weighted by Crippen LogP contribution is -2.29. The third kappa shape index (κ3) is 5.49. The van der Waals surface area contributed by atoms with E-state index in [-0.39, 0.29) is 6.10 Å². The van der Waals surface area contributed by atoms with Gasteiger partial charge in [0.1, 0.15) is 5.75 Å². The second-order valence-corrected chi connectivity index (χ2v) is 6.74. The Kier molecular flexibility index (Phi) is 7.44. The molecule has 2 amide bonds. The van der Waals surface area contributed by atoms with Crippen LogP contribution < -0.4 is 20.3 Å². The van der Waals surface area contributed by atoms with Crippen molar-refractivity contribution in [3.05, 3.63) is 48.0 Å². The molecule has 0 fully saturated rings. The summed E-state index contributed by atoms with van der Waals surface area (Å²) in [6, 6.07) is 12.8. The number of rotatable bonds is 7. The fraction of sp³-hybridized carbons (Fsp3) is 0.364. The summed E-state index contributed by atoms with van der Waals surface area (Å²) >= 11 is 0. The molecule has 2 aromatic rings. The number of hydrogen-bond donors (Lipinski definition) is 2. The van der Waals surface area contributed by atoms with Crippen LogP contribution in [0.1, 0.15) is 33.3 Å². The maximum Gasteiger partial charge on any atom is 0.314 e. The maximum atomic E-state index is 12.4. The van der Waals surface area contributed by atoms with E-state index in [0.717, 1.165) is 24.3 Å². The fourth-order valence-electron chi connectivity index (χ4n) is 2.86. The van der Waals surface area contributed by atoms with E-state index in [4.69, 9.17) is 4.74 Å². The van der Waals surface area contributed by atoms with Gasteiger partial charge in [0.15, 0.2) is 0 Å². The van der Waals surface area contributed by atoms with Gasteiger partial charge in [0.05, 0.1) is 11.8 Å². The molecule has 0 heterocycles. The highest BCUT2D eigenvalue weighted by Crippen LogP contribution is 2.25. The van der Waals surface area contributed by atoms with Gasteiger partial charge in [-0.25, -0.2) is 0 Å². The van der Waals surface area contributed by atoms with Crippen LogP contribution in [0.2, 0.25) is 0 Å². The first-order valence-electron chi connectivity index (χ1n) is 9.59. The summed E-state index contributed by atoms with van der Waals surface area (Å²) in [6.45, 7) is 11.7. The monoisotopic (exact) mass is 383 g/mol. The molecule has 0 saturated heterocycles. The predicted octanol–water partition coefficient (Wildman–Crippen LogP) is 4.21. The number of nitrogens with zero attached hydrogens (tertiary/aromatic N) is 1. The lowest BCUT2D eigenvalue weighted by Gasteiger charge is -2.22. The van der Waals surface area contributed by atoms with Crippen molar-refractivity contribution < 1.29 is 14.3 Å². The quantitative estimate of drug-likeness (QED) is 0.703. The lowest BCUT2D eigenvalue weighted by molar-refractivity contribution is -0.133. The summed E-state index contributed by atoms with van der Waals surface area (Å²) in [7, 11) is 0. The van der Waals surface area contributed by atoms with Crippen molar-refractivity contribution in [2.75, 3.05) is 28.6 Å². The molecule has 0 aliphatic rings. The van der Waals surface area contributed by atoms with Crippen molar-refractivity contribution in [1.82, 2.24) is 0 Å². The number of hydrogen-bond acceptors (Lipinski definition) is 4. The summed E-state index contributed by atoms with van der Waals surface area (Å²) in [5, 5.41) is 5.30. The number of carbonyl (C=O) groups is 2. The molecule has 150 valence electrons. The number of carbonyl (C=O) groups excluding carboxylic acids is 2. The van der Waals surface area contributed by atoms with Gasteiger partial charge in [-0.15, -0.1) is 0 Å².